The zero-order valence-electron chi connectivity index (χ0n) is 14.5. The lowest BCUT2D eigenvalue weighted by Gasteiger charge is -2.06. The van der Waals surface area contributed by atoms with Crippen molar-refractivity contribution in [2.24, 2.45) is 0 Å². The van der Waals surface area contributed by atoms with E-state index in [1.807, 2.05) is 26.0 Å². The third kappa shape index (κ3) is 4.38. The van der Waals surface area contributed by atoms with E-state index >= 15 is 0 Å². The smallest absolute Gasteiger partial charge is 0.270 e. The van der Waals surface area contributed by atoms with Crippen LogP contribution in [0.1, 0.15) is 43.9 Å². The summed E-state index contributed by atoms with van der Waals surface area (Å²) >= 11 is 0. The fraction of sp³-hybridized carbons (Fsp3) is 0.211. The van der Waals surface area contributed by atoms with Crippen LogP contribution in [0.3, 0.4) is 0 Å². The van der Waals surface area contributed by atoms with Gasteiger partial charge in [0.1, 0.15) is 28.7 Å². The Balaban J connectivity index is 1.59. The van der Waals surface area contributed by atoms with Crippen LogP contribution >= 0.6 is 0 Å². The second-order valence-electron chi connectivity index (χ2n) is 5.82. The summed E-state index contributed by atoms with van der Waals surface area (Å²) in [5.74, 6) is 2.18. The minimum atomic E-state index is -0.379. The first-order valence-corrected chi connectivity index (χ1v) is 8.14. The Morgan fingerprint density at radius 2 is 1.46 bits per heavy atom. The second kappa shape index (κ2) is 7.69. The van der Waals surface area contributed by atoms with Crippen LogP contribution in [0.2, 0.25) is 0 Å². The van der Waals surface area contributed by atoms with Crippen LogP contribution in [-0.4, -0.2) is 16.8 Å². The molecule has 0 atom stereocenters. The Labute approximate surface area is 150 Å². The fourth-order valence-corrected chi connectivity index (χ4v) is 2.38. The average Bonchev–Trinajstić information content (AvgIpc) is 3.25. The molecule has 26 heavy (non-hydrogen) atoms. The van der Waals surface area contributed by atoms with Crippen molar-refractivity contribution in [1.29, 1.82) is 0 Å². The molecule has 3 heterocycles. The molecular formula is C19H19N3O4. The summed E-state index contributed by atoms with van der Waals surface area (Å²) in [5.41, 5.74) is 0.511. The topological polar surface area (TPSA) is 97.4 Å². The lowest BCUT2D eigenvalue weighted by molar-refractivity contribution is 0.0943. The molecule has 0 aliphatic heterocycles. The van der Waals surface area contributed by atoms with Crippen molar-refractivity contribution in [3.63, 3.8) is 0 Å². The number of aromatic nitrogens is 1. The van der Waals surface area contributed by atoms with Crippen molar-refractivity contribution < 1.29 is 18.4 Å². The van der Waals surface area contributed by atoms with Crippen LogP contribution in [-0.2, 0) is 13.1 Å². The molecule has 0 aliphatic carbocycles. The van der Waals surface area contributed by atoms with E-state index in [0.717, 1.165) is 11.5 Å². The number of carbonyl (C=O) groups is 2. The highest BCUT2D eigenvalue weighted by atomic mass is 16.3. The van der Waals surface area contributed by atoms with Crippen LogP contribution in [0.25, 0.3) is 0 Å². The highest BCUT2D eigenvalue weighted by Gasteiger charge is 2.13. The van der Waals surface area contributed by atoms with Crippen LogP contribution in [0, 0.1) is 13.8 Å². The van der Waals surface area contributed by atoms with Gasteiger partial charge in [-0.15, -0.1) is 0 Å². The van der Waals surface area contributed by atoms with E-state index in [1.165, 1.54) is 12.3 Å². The Morgan fingerprint density at radius 1 is 0.885 bits per heavy atom. The number of furan rings is 2. The lowest BCUT2D eigenvalue weighted by Crippen LogP contribution is -2.26. The molecule has 0 saturated carbocycles. The normalized spacial score (nSPS) is 10.5. The standard InChI is InChI=1S/C19H19N3O4/c1-12-3-5-15(25-12)10-21-18(23)14-7-8-20-17(9-14)19(24)22-11-16-6-4-13(2)26-16/h3-9H,10-11H2,1-2H3,(H,21,23)(H,22,24). The van der Waals surface area contributed by atoms with Gasteiger partial charge in [0.2, 0.25) is 0 Å². The third-order valence-electron chi connectivity index (χ3n) is 3.69. The number of nitrogens with zero attached hydrogens (tertiary/aromatic N) is 1. The molecule has 0 aliphatic rings. The van der Waals surface area contributed by atoms with E-state index in [1.54, 1.807) is 18.2 Å². The summed E-state index contributed by atoms with van der Waals surface area (Å²) in [5, 5.41) is 5.46. The number of carbonyl (C=O) groups excluding carboxylic acids is 2. The first-order chi connectivity index (χ1) is 12.5. The second-order valence-corrected chi connectivity index (χ2v) is 5.82. The molecule has 7 heteroatoms. The number of amides is 2. The molecule has 7 nitrogen and oxygen atoms in total. The van der Waals surface area contributed by atoms with Gasteiger partial charge in [-0.1, -0.05) is 0 Å². The first kappa shape index (κ1) is 17.5. The molecule has 3 aromatic heterocycles. The molecule has 0 spiro atoms. The van der Waals surface area contributed by atoms with Crippen molar-refractivity contribution in [3.05, 3.63) is 76.9 Å². The zero-order valence-corrected chi connectivity index (χ0v) is 14.5. The maximum atomic E-state index is 12.3. The van der Waals surface area contributed by atoms with Gasteiger partial charge in [0.05, 0.1) is 13.1 Å². The lowest BCUT2D eigenvalue weighted by atomic mass is 10.2. The Kier molecular flexibility index (Phi) is 5.17. The predicted molar refractivity (Wildman–Crippen MR) is 93.5 cm³/mol. The van der Waals surface area contributed by atoms with Gasteiger partial charge in [0.25, 0.3) is 11.8 Å². The van der Waals surface area contributed by atoms with Crippen LogP contribution in [0.15, 0.2) is 51.4 Å². The van der Waals surface area contributed by atoms with E-state index in [9.17, 15) is 9.59 Å². The quantitative estimate of drug-likeness (QED) is 0.710. The maximum Gasteiger partial charge on any atom is 0.270 e. The van der Waals surface area contributed by atoms with Crippen molar-refractivity contribution >= 4 is 11.8 Å². The largest absolute Gasteiger partial charge is 0.465 e. The predicted octanol–water partition coefficient (Wildman–Crippen LogP) is 2.74. The van der Waals surface area contributed by atoms with Gasteiger partial charge in [-0.2, -0.15) is 0 Å². The van der Waals surface area contributed by atoms with E-state index in [4.69, 9.17) is 8.83 Å². The van der Waals surface area contributed by atoms with E-state index in [-0.39, 0.29) is 30.6 Å². The van der Waals surface area contributed by atoms with Crippen molar-refractivity contribution in [2.45, 2.75) is 26.9 Å². The molecule has 0 unspecified atom stereocenters. The monoisotopic (exact) mass is 353 g/mol. The SMILES string of the molecule is Cc1ccc(CNC(=O)c2ccnc(C(=O)NCc3ccc(C)o3)c2)o1. The van der Waals surface area contributed by atoms with Gasteiger partial charge in [-0.3, -0.25) is 14.6 Å². The van der Waals surface area contributed by atoms with Gasteiger partial charge in [0.15, 0.2) is 0 Å². The first-order valence-electron chi connectivity index (χ1n) is 8.14. The van der Waals surface area contributed by atoms with Gasteiger partial charge in [-0.05, 0) is 50.2 Å². The van der Waals surface area contributed by atoms with E-state index in [2.05, 4.69) is 15.6 Å². The Hall–Kier alpha value is -3.35. The van der Waals surface area contributed by atoms with Crippen molar-refractivity contribution in [3.8, 4) is 0 Å². The fourth-order valence-electron chi connectivity index (χ4n) is 2.38. The Morgan fingerprint density at radius 3 is 2.00 bits per heavy atom. The summed E-state index contributed by atoms with van der Waals surface area (Å²) in [4.78, 5) is 28.5. The Bertz CT molecular complexity index is 855. The van der Waals surface area contributed by atoms with E-state index in [0.29, 0.717) is 17.1 Å². The number of pyridine rings is 1. The minimum Gasteiger partial charge on any atom is -0.465 e. The summed E-state index contributed by atoms with van der Waals surface area (Å²) in [7, 11) is 0. The van der Waals surface area contributed by atoms with Crippen LogP contribution < -0.4 is 10.6 Å². The average molecular weight is 353 g/mol. The van der Waals surface area contributed by atoms with Gasteiger partial charge in [-0.25, -0.2) is 0 Å². The molecule has 0 saturated heterocycles. The summed E-state index contributed by atoms with van der Waals surface area (Å²) < 4.78 is 10.8. The number of hydrogen-bond acceptors (Lipinski definition) is 5. The number of rotatable bonds is 6. The molecule has 0 fully saturated rings. The molecule has 0 aromatic carbocycles. The number of hydrogen-bond donors (Lipinski definition) is 2. The summed E-state index contributed by atoms with van der Waals surface area (Å²) in [6, 6.07) is 10.3. The van der Waals surface area contributed by atoms with Gasteiger partial charge >= 0.3 is 0 Å². The zero-order chi connectivity index (χ0) is 18.5. The van der Waals surface area contributed by atoms with Gasteiger partial charge in [0, 0.05) is 11.8 Å². The highest BCUT2D eigenvalue weighted by molar-refractivity contribution is 5.98. The molecule has 2 N–H and O–H groups in total. The summed E-state index contributed by atoms with van der Waals surface area (Å²) in [6.45, 7) is 4.19. The molecule has 134 valence electrons. The molecule has 0 radical (unpaired) electrons. The molecule has 2 amide bonds. The van der Waals surface area contributed by atoms with E-state index < -0.39 is 0 Å². The molecule has 3 rings (SSSR count). The molecule has 3 aromatic rings. The third-order valence-corrected chi connectivity index (χ3v) is 3.69. The van der Waals surface area contributed by atoms with Crippen molar-refractivity contribution in [1.82, 2.24) is 15.6 Å². The highest BCUT2D eigenvalue weighted by Crippen LogP contribution is 2.08. The van der Waals surface area contributed by atoms with Crippen LogP contribution in [0.5, 0.6) is 0 Å². The number of nitrogens with one attached hydrogen (secondary N) is 2. The van der Waals surface area contributed by atoms with Crippen molar-refractivity contribution in [2.75, 3.05) is 0 Å². The van der Waals surface area contributed by atoms with Crippen LogP contribution in [0.4, 0.5) is 0 Å². The molecule has 0 bridgehead atoms. The number of aryl methyl sites for hydroxylation is 2. The minimum absolute atomic E-state index is 0.162. The summed E-state index contributed by atoms with van der Waals surface area (Å²) in [6.07, 6.45) is 1.43. The molecular weight excluding hydrogens is 334 g/mol. The van der Waals surface area contributed by atoms with Gasteiger partial charge < -0.3 is 19.5 Å². The maximum absolute atomic E-state index is 12.3.